The normalized spacial score (nSPS) is 15.7. The van der Waals surface area contributed by atoms with E-state index in [2.05, 4.69) is 16.4 Å². The maximum Gasteiger partial charge on any atom is 0.232 e. The van der Waals surface area contributed by atoms with Gasteiger partial charge in [0.15, 0.2) is 0 Å². The number of carbonyl (C=O) groups is 2. The van der Waals surface area contributed by atoms with Crippen LogP contribution in [0.4, 0.5) is 5.69 Å². The zero-order chi connectivity index (χ0) is 18.7. The van der Waals surface area contributed by atoms with Crippen LogP contribution in [0.25, 0.3) is 0 Å². The molecule has 0 spiro atoms. The van der Waals surface area contributed by atoms with Gasteiger partial charge in [0.2, 0.25) is 11.8 Å². The van der Waals surface area contributed by atoms with E-state index in [0.29, 0.717) is 19.7 Å². The topological polar surface area (TPSA) is 71.5 Å². The number of nitrogens with one attached hydrogen (secondary N) is 1. The standard InChI is InChI=1S/C19H23N3O3S/c1-12-8-13(2)18-14(19(24)21-15(18)9-12)10-17(23)22(5-6-25-3)11-16-20-4-7-26-16/h4,7-9,14H,5-6,10-11H2,1-3H3,(H,21,24)/t14-/m0/s1. The van der Waals surface area contributed by atoms with Crippen LogP contribution in [0.2, 0.25) is 0 Å². The lowest BCUT2D eigenvalue weighted by molar-refractivity contribution is -0.134. The molecule has 6 nitrogen and oxygen atoms in total. The van der Waals surface area contributed by atoms with E-state index < -0.39 is 5.92 Å². The Hall–Kier alpha value is -2.25. The summed E-state index contributed by atoms with van der Waals surface area (Å²) in [7, 11) is 1.61. The molecule has 0 radical (unpaired) electrons. The van der Waals surface area contributed by atoms with Gasteiger partial charge in [0.1, 0.15) is 5.01 Å². The van der Waals surface area contributed by atoms with Crippen molar-refractivity contribution in [1.29, 1.82) is 0 Å². The summed E-state index contributed by atoms with van der Waals surface area (Å²) < 4.78 is 5.13. The molecule has 1 aliphatic heterocycles. The van der Waals surface area contributed by atoms with Crippen LogP contribution >= 0.6 is 11.3 Å². The van der Waals surface area contributed by atoms with Gasteiger partial charge >= 0.3 is 0 Å². The Morgan fingerprint density at radius 1 is 1.38 bits per heavy atom. The Kier molecular flexibility index (Phi) is 5.68. The van der Waals surface area contributed by atoms with Gasteiger partial charge in [-0.1, -0.05) is 6.07 Å². The number of hydrogen-bond donors (Lipinski definition) is 1. The van der Waals surface area contributed by atoms with E-state index in [-0.39, 0.29) is 18.2 Å². The molecule has 0 aliphatic carbocycles. The van der Waals surface area contributed by atoms with E-state index in [1.165, 1.54) is 11.3 Å². The van der Waals surface area contributed by atoms with Crippen LogP contribution in [-0.2, 0) is 20.9 Å². The zero-order valence-electron chi connectivity index (χ0n) is 15.2. The smallest absolute Gasteiger partial charge is 0.232 e. The van der Waals surface area contributed by atoms with Crippen molar-refractivity contribution in [3.8, 4) is 0 Å². The molecule has 0 unspecified atom stereocenters. The molecule has 1 atom stereocenters. The second-order valence-corrected chi connectivity index (χ2v) is 7.50. The largest absolute Gasteiger partial charge is 0.383 e. The fourth-order valence-electron chi connectivity index (χ4n) is 3.38. The van der Waals surface area contributed by atoms with Crippen molar-refractivity contribution in [2.45, 2.75) is 32.7 Å². The van der Waals surface area contributed by atoms with Gasteiger partial charge in [0.25, 0.3) is 0 Å². The summed E-state index contributed by atoms with van der Waals surface area (Å²) in [6, 6.07) is 4.01. The van der Waals surface area contributed by atoms with Crippen molar-refractivity contribution in [1.82, 2.24) is 9.88 Å². The van der Waals surface area contributed by atoms with Crippen LogP contribution in [-0.4, -0.2) is 42.0 Å². The van der Waals surface area contributed by atoms with Gasteiger partial charge in [0.05, 0.1) is 19.1 Å². The number of ether oxygens (including phenoxy) is 1. The highest BCUT2D eigenvalue weighted by atomic mass is 32.1. The van der Waals surface area contributed by atoms with Gasteiger partial charge in [0, 0.05) is 37.3 Å². The van der Waals surface area contributed by atoms with Gasteiger partial charge in [-0.05, 0) is 36.6 Å². The number of rotatable bonds is 7. The molecule has 0 bridgehead atoms. The van der Waals surface area contributed by atoms with Crippen LogP contribution in [0, 0.1) is 13.8 Å². The first-order valence-electron chi connectivity index (χ1n) is 8.56. The number of amides is 2. The fourth-order valence-corrected chi connectivity index (χ4v) is 4.01. The lowest BCUT2D eigenvalue weighted by atomic mass is 9.91. The highest BCUT2D eigenvalue weighted by Crippen LogP contribution is 2.38. The predicted octanol–water partition coefficient (Wildman–Crippen LogP) is 2.86. The zero-order valence-corrected chi connectivity index (χ0v) is 16.1. The molecular weight excluding hydrogens is 350 g/mol. The molecule has 1 aromatic heterocycles. The first-order chi connectivity index (χ1) is 12.5. The molecule has 0 saturated carbocycles. The van der Waals surface area contributed by atoms with Crippen LogP contribution < -0.4 is 5.32 Å². The molecule has 1 aliphatic rings. The predicted molar refractivity (Wildman–Crippen MR) is 101 cm³/mol. The number of methoxy groups -OCH3 is 1. The molecular formula is C19H23N3O3S. The molecule has 0 fully saturated rings. The second-order valence-electron chi connectivity index (χ2n) is 6.52. The Morgan fingerprint density at radius 3 is 2.88 bits per heavy atom. The van der Waals surface area contributed by atoms with Crippen LogP contribution in [0.5, 0.6) is 0 Å². The number of nitrogens with zero attached hydrogens (tertiary/aromatic N) is 2. The lowest BCUT2D eigenvalue weighted by Gasteiger charge is -2.23. The third kappa shape index (κ3) is 3.94. The number of aromatic nitrogens is 1. The van der Waals surface area contributed by atoms with Gasteiger partial charge in [-0.25, -0.2) is 4.98 Å². The average molecular weight is 373 g/mol. The fraction of sp³-hybridized carbons (Fsp3) is 0.421. The summed E-state index contributed by atoms with van der Waals surface area (Å²) in [6.07, 6.45) is 1.88. The van der Waals surface area contributed by atoms with Crippen molar-refractivity contribution in [3.05, 3.63) is 45.4 Å². The molecule has 1 aromatic carbocycles. The molecule has 138 valence electrons. The molecule has 2 amide bonds. The summed E-state index contributed by atoms with van der Waals surface area (Å²) in [4.78, 5) is 31.4. The van der Waals surface area contributed by atoms with Gasteiger partial charge in [-0.3, -0.25) is 9.59 Å². The summed E-state index contributed by atoms with van der Waals surface area (Å²) in [5, 5.41) is 5.68. The van der Waals surface area contributed by atoms with Crippen LogP contribution in [0.15, 0.2) is 23.7 Å². The number of thiazole rings is 1. The van der Waals surface area contributed by atoms with Crippen LogP contribution in [0.3, 0.4) is 0 Å². The van der Waals surface area contributed by atoms with Crippen molar-refractivity contribution >= 4 is 28.8 Å². The van der Waals surface area contributed by atoms with Crippen molar-refractivity contribution in [2.75, 3.05) is 25.6 Å². The Labute approximate surface area is 157 Å². The van der Waals surface area contributed by atoms with E-state index in [1.54, 1.807) is 18.2 Å². The minimum absolute atomic E-state index is 0.0646. The molecule has 1 N–H and O–H groups in total. The van der Waals surface area contributed by atoms with Crippen LogP contribution in [0.1, 0.15) is 34.0 Å². The monoisotopic (exact) mass is 373 g/mol. The Morgan fingerprint density at radius 2 is 2.19 bits per heavy atom. The number of carbonyl (C=O) groups excluding carboxylic acids is 2. The molecule has 2 aromatic rings. The number of benzene rings is 1. The molecule has 7 heteroatoms. The van der Waals surface area contributed by atoms with Crippen molar-refractivity contribution in [2.24, 2.45) is 0 Å². The maximum absolute atomic E-state index is 12.9. The third-order valence-electron chi connectivity index (χ3n) is 4.56. The summed E-state index contributed by atoms with van der Waals surface area (Å²) >= 11 is 1.51. The number of fused-ring (bicyclic) bond motifs is 1. The quantitative estimate of drug-likeness (QED) is 0.810. The van der Waals surface area contributed by atoms with Crippen molar-refractivity contribution in [3.63, 3.8) is 0 Å². The molecule has 2 heterocycles. The Balaban J connectivity index is 1.78. The SMILES string of the molecule is COCCN(Cc1nccs1)C(=O)C[C@@H]1C(=O)Nc2cc(C)cc(C)c21. The maximum atomic E-state index is 12.9. The summed E-state index contributed by atoms with van der Waals surface area (Å²) in [6.45, 7) is 5.35. The van der Waals surface area contributed by atoms with E-state index in [1.807, 2.05) is 25.3 Å². The Bertz CT molecular complexity index is 805. The summed E-state index contributed by atoms with van der Waals surface area (Å²) in [5.74, 6) is -0.618. The number of hydrogen-bond acceptors (Lipinski definition) is 5. The van der Waals surface area contributed by atoms with Gasteiger partial charge < -0.3 is 15.0 Å². The first-order valence-corrected chi connectivity index (χ1v) is 9.44. The molecule has 3 rings (SSSR count). The highest BCUT2D eigenvalue weighted by Gasteiger charge is 2.35. The second kappa shape index (κ2) is 7.97. The average Bonchev–Trinajstić information content (AvgIpc) is 3.19. The minimum Gasteiger partial charge on any atom is -0.383 e. The number of aryl methyl sites for hydroxylation is 2. The molecule has 0 saturated heterocycles. The van der Waals surface area contributed by atoms with E-state index in [9.17, 15) is 9.59 Å². The van der Waals surface area contributed by atoms with Crippen molar-refractivity contribution < 1.29 is 14.3 Å². The van der Waals surface area contributed by atoms with E-state index >= 15 is 0 Å². The third-order valence-corrected chi connectivity index (χ3v) is 5.32. The van der Waals surface area contributed by atoms with E-state index in [0.717, 1.165) is 27.4 Å². The van der Waals surface area contributed by atoms with Gasteiger partial charge in [-0.15, -0.1) is 11.3 Å². The first kappa shape index (κ1) is 18.5. The van der Waals surface area contributed by atoms with Gasteiger partial charge in [-0.2, -0.15) is 0 Å². The highest BCUT2D eigenvalue weighted by molar-refractivity contribution is 7.09. The molecule has 26 heavy (non-hydrogen) atoms. The summed E-state index contributed by atoms with van der Waals surface area (Å²) in [5.41, 5.74) is 3.90. The lowest BCUT2D eigenvalue weighted by Crippen LogP contribution is -2.35. The minimum atomic E-state index is -0.445. The number of anilines is 1. The van der Waals surface area contributed by atoms with E-state index in [4.69, 9.17) is 4.74 Å².